The molecule has 0 aliphatic carbocycles. The van der Waals surface area contributed by atoms with Gasteiger partial charge in [0.15, 0.2) is 0 Å². The molecule has 2 aromatic heterocycles. The van der Waals surface area contributed by atoms with Crippen molar-refractivity contribution >= 4 is 21.4 Å². The highest BCUT2D eigenvalue weighted by atomic mass is 79.9. The predicted octanol–water partition coefficient (Wildman–Crippen LogP) is 2.28. The number of hydrogen-bond acceptors (Lipinski definition) is 2. The highest BCUT2D eigenvalue weighted by Gasteiger charge is 2.06. The summed E-state index contributed by atoms with van der Waals surface area (Å²) in [7, 11) is 0. The number of hydrogen-bond donors (Lipinski definition) is 0. The Morgan fingerprint density at radius 2 is 2.31 bits per heavy atom. The third-order valence-electron chi connectivity index (χ3n) is 1.82. The van der Waals surface area contributed by atoms with Crippen LogP contribution in [0.4, 0.5) is 0 Å². The number of aromatic nitrogens is 2. The topological polar surface area (TPSA) is 41.1 Å². The quantitative estimate of drug-likeness (QED) is 0.704. The Labute approximate surface area is 83.7 Å². The molecule has 4 heteroatoms. The van der Waals surface area contributed by atoms with Crippen molar-refractivity contribution in [2.24, 2.45) is 0 Å². The van der Waals surface area contributed by atoms with Gasteiger partial charge in [0.05, 0.1) is 11.2 Å². The largest absolute Gasteiger partial charge is 0.222 e. The van der Waals surface area contributed by atoms with Gasteiger partial charge in [-0.1, -0.05) is 0 Å². The zero-order valence-electron chi connectivity index (χ0n) is 6.95. The van der Waals surface area contributed by atoms with E-state index in [-0.39, 0.29) is 0 Å². The number of rotatable bonds is 0. The molecular formula is C9H6BrN3. The lowest BCUT2D eigenvalue weighted by atomic mass is 10.4. The molecule has 2 heterocycles. The van der Waals surface area contributed by atoms with E-state index >= 15 is 0 Å². The van der Waals surface area contributed by atoms with Crippen molar-refractivity contribution in [2.75, 3.05) is 0 Å². The molecule has 0 unspecified atom stereocenters. The molecule has 0 aliphatic rings. The van der Waals surface area contributed by atoms with Crippen LogP contribution in [-0.4, -0.2) is 9.61 Å². The second-order valence-corrected chi connectivity index (χ2v) is 3.62. The molecule has 0 saturated heterocycles. The predicted molar refractivity (Wildman–Crippen MR) is 52.3 cm³/mol. The van der Waals surface area contributed by atoms with Crippen molar-refractivity contribution in [3.8, 4) is 6.07 Å². The maximum absolute atomic E-state index is 8.81. The molecule has 0 fully saturated rings. The van der Waals surface area contributed by atoms with Crippen LogP contribution in [0.5, 0.6) is 0 Å². The van der Waals surface area contributed by atoms with Crippen LogP contribution in [0, 0.1) is 18.3 Å². The fourth-order valence-electron chi connectivity index (χ4n) is 1.21. The molecule has 3 nitrogen and oxygen atoms in total. The summed E-state index contributed by atoms with van der Waals surface area (Å²) in [5.74, 6) is 0. The van der Waals surface area contributed by atoms with E-state index < -0.39 is 0 Å². The molecule has 0 bridgehead atoms. The van der Waals surface area contributed by atoms with Crippen LogP contribution in [0.1, 0.15) is 11.4 Å². The second-order valence-electron chi connectivity index (χ2n) is 2.76. The third kappa shape index (κ3) is 1.21. The number of fused-ring (bicyclic) bond motifs is 1. The van der Waals surface area contributed by atoms with Gasteiger partial charge in [0.1, 0.15) is 11.8 Å². The van der Waals surface area contributed by atoms with Gasteiger partial charge >= 0.3 is 0 Å². The molecule has 0 amide bonds. The lowest BCUT2D eigenvalue weighted by Crippen LogP contribution is -1.95. The van der Waals surface area contributed by atoms with E-state index in [4.69, 9.17) is 5.26 Å². The Hall–Kier alpha value is -1.34. The molecule has 13 heavy (non-hydrogen) atoms. The van der Waals surface area contributed by atoms with Crippen LogP contribution in [0.25, 0.3) is 5.52 Å². The van der Waals surface area contributed by atoms with E-state index in [1.807, 2.05) is 19.1 Å². The van der Waals surface area contributed by atoms with Crippen molar-refractivity contribution < 1.29 is 0 Å². The third-order valence-corrected chi connectivity index (χ3v) is 2.45. The van der Waals surface area contributed by atoms with Gasteiger partial charge in [0.25, 0.3) is 0 Å². The summed E-state index contributed by atoms with van der Waals surface area (Å²) in [6.45, 7) is 1.90. The summed E-state index contributed by atoms with van der Waals surface area (Å²) in [5.41, 5.74) is 2.36. The van der Waals surface area contributed by atoms with Gasteiger partial charge in [0, 0.05) is 4.47 Å². The molecule has 0 atom stereocenters. The highest BCUT2D eigenvalue weighted by Crippen LogP contribution is 2.21. The molecule has 0 saturated carbocycles. The monoisotopic (exact) mass is 235 g/mol. The van der Waals surface area contributed by atoms with Crippen LogP contribution in [0.3, 0.4) is 0 Å². The number of nitriles is 1. The average Bonchev–Trinajstić information content (AvgIpc) is 2.42. The first kappa shape index (κ1) is 8.27. The Kier molecular flexibility index (Phi) is 1.82. The summed E-state index contributed by atoms with van der Waals surface area (Å²) >= 11 is 3.37. The van der Waals surface area contributed by atoms with Gasteiger partial charge in [-0.15, -0.1) is 0 Å². The van der Waals surface area contributed by atoms with Crippen molar-refractivity contribution in [3.05, 3.63) is 34.1 Å². The Morgan fingerprint density at radius 1 is 1.54 bits per heavy atom. The van der Waals surface area contributed by atoms with Crippen molar-refractivity contribution in [1.29, 1.82) is 5.26 Å². The van der Waals surface area contributed by atoms with E-state index in [0.29, 0.717) is 5.69 Å². The maximum Gasteiger partial charge on any atom is 0.143 e. The first-order chi connectivity index (χ1) is 6.22. The summed E-state index contributed by atoms with van der Waals surface area (Å²) < 4.78 is 2.54. The standard InChI is InChI=1S/C9H6BrN3/c1-6-2-3-9-8(10)4-7(5-11)13(9)12-6/h2-4H,1H3. The summed E-state index contributed by atoms with van der Waals surface area (Å²) in [6.07, 6.45) is 0. The van der Waals surface area contributed by atoms with E-state index in [1.54, 1.807) is 10.6 Å². The second kappa shape index (κ2) is 2.86. The van der Waals surface area contributed by atoms with Crippen LogP contribution < -0.4 is 0 Å². The first-order valence-electron chi connectivity index (χ1n) is 3.77. The number of aryl methyl sites for hydroxylation is 1. The lowest BCUT2D eigenvalue weighted by Gasteiger charge is -1.96. The highest BCUT2D eigenvalue weighted by molar-refractivity contribution is 9.10. The SMILES string of the molecule is Cc1ccc2c(Br)cc(C#N)n2n1. The van der Waals surface area contributed by atoms with Crippen molar-refractivity contribution in [2.45, 2.75) is 6.92 Å². The van der Waals surface area contributed by atoms with Crippen LogP contribution >= 0.6 is 15.9 Å². The van der Waals surface area contributed by atoms with Crippen LogP contribution in [0.2, 0.25) is 0 Å². The Bertz CT molecular complexity index is 507. The van der Waals surface area contributed by atoms with E-state index in [1.165, 1.54) is 0 Å². The van der Waals surface area contributed by atoms with Crippen LogP contribution in [-0.2, 0) is 0 Å². The van der Waals surface area contributed by atoms with Gasteiger partial charge in [-0.05, 0) is 41.1 Å². The Morgan fingerprint density at radius 3 is 3.00 bits per heavy atom. The average molecular weight is 236 g/mol. The zero-order chi connectivity index (χ0) is 9.42. The van der Waals surface area contributed by atoms with Gasteiger partial charge in [-0.3, -0.25) is 0 Å². The van der Waals surface area contributed by atoms with Gasteiger partial charge < -0.3 is 0 Å². The van der Waals surface area contributed by atoms with E-state index in [2.05, 4.69) is 27.1 Å². The fraction of sp³-hybridized carbons (Fsp3) is 0.111. The molecule has 0 N–H and O–H groups in total. The van der Waals surface area contributed by atoms with Crippen molar-refractivity contribution in [3.63, 3.8) is 0 Å². The molecule has 0 aromatic carbocycles. The molecule has 2 rings (SSSR count). The normalized spacial score (nSPS) is 10.2. The lowest BCUT2D eigenvalue weighted by molar-refractivity contribution is 0.891. The summed E-state index contributed by atoms with van der Waals surface area (Å²) in [6, 6.07) is 7.71. The molecule has 0 spiro atoms. The molecule has 64 valence electrons. The fourth-order valence-corrected chi connectivity index (χ4v) is 1.73. The van der Waals surface area contributed by atoms with Gasteiger partial charge in [-0.2, -0.15) is 10.4 Å². The van der Waals surface area contributed by atoms with Crippen molar-refractivity contribution in [1.82, 2.24) is 9.61 Å². The van der Waals surface area contributed by atoms with Gasteiger partial charge in [-0.25, -0.2) is 4.52 Å². The molecular weight excluding hydrogens is 230 g/mol. The molecule has 0 radical (unpaired) electrons. The Balaban J connectivity index is 2.91. The summed E-state index contributed by atoms with van der Waals surface area (Å²) in [4.78, 5) is 0. The first-order valence-corrected chi connectivity index (χ1v) is 4.56. The minimum absolute atomic E-state index is 0.547. The van der Waals surface area contributed by atoms with Gasteiger partial charge in [0.2, 0.25) is 0 Å². The number of nitrogens with zero attached hydrogens (tertiary/aromatic N) is 3. The molecule has 2 aromatic rings. The minimum Gasteiger partial charge on any atom is -0.222 e. The number of halogens is 1. The smallest absolute Gasteiger partial charge is 0.143 e. The maximum atomic E-state index is 8.81. The minimum atomic E-state index is 0.547. The van der Waals surface area contributed by atoms with E-state index in [9.17, 15) is 0 Å². The zero-order valence-corrected chi connectivity index (χ0v) is 8.54. The van der Waals surface area contributed by atoms with Crippen LogP contribution in [0.15, 0.2) is 22.7 Å². The van der Waals surface area contributed by atoms with E-state index in [0.717, 1.165) is 15.7 Å². The molecule has 0 aliphatic heterocycles. The summed E-state index contributed by atoms with van der Waals surface area (Å²) in [5, 5.41) is 13.0.